The highest BCUT2D eigenvalue weighted by Crippen LogP contribution is 2.39. The van der Waals surface area contributed by atoms with Crippen molar-refractivity contribution in [3.63, 3.8) is 0 Å². The van der Waals surface area contributed by atoms with Gasteiger partial charge in [0, 0.05) is 38.0 Å². The fraction of sp³-hybridized carbons (Fsp3) is 0.935. The Balaban J connectivity index is 2.63. The molecule has 0 aromatic rings. The lowest BCUT2D eigenvalue weighted by Crippen LogP contribution is -2.60. The summed E-state index contributed by atoms with van der Waals surface area (Å²) in [6.45, 7) is 13.8. The van der Waals surface area contributed by atoms with Gasteiger partial charge >= 0.3 is 5.97 Å². The van der Waals surface area contributed by atoms with Gasteiger partial charge in [-0.05, 0) is 61.1 Å². The third-order valence-electron chi connectivity index (χ3n) is 9.74. The molecule has 2 rings (SSSR count). The molecule has 14 atom stereocenters. The number of carbonyl (C=O) groups is 2. The van der Waals surface area contributed by atoms with Gasteiger partial charge in [-0.1, -0.05) is 27.7 Å². The van der Waals surface area contributed by atoms with E-state index in [0.29, 0.717) is 6.42 Å². The number of likely N-dealkylation sites (N-methyl/N-ethyl adjacent to an activating group) is 1. The van der Waals surface area contributed by atoms with Gasteiger partial charge in [0.25, 0.3) is 0 Å². The zero-order valence-corrected chi connectivity index (χ0v) is 27.7. The van der Waals surface area contributed by atoms with Crippen LogP contribution in [0.25, 0.3) is 0 Å². The smallest absolute Gasteiger partial charge is 0.311 e. The number of cyclic esters (lactones) is 1. The van der Waals surface area contributed by atoms with E-state index < -0.39 is 77.7 Å². The average molecular weight is 604 g/mol. The van der Waals surface area contributed by atoms with Crippen LogP contribution in [0.15, 0.2) is 0 Å². The van der Waals surface area contributed by atoms with Crippen LogP contribution < -0.4 is 0 Å². The van der Waals surface area contributed by atoms with Gasteiger partial charge in [-0.2, -0.15) is 0 Å². The summed E-state index contributed by atoms with van der Waals surface area (Å²) in [4.78, 5) is 29.1. The number of nitrogens with zero attached hydrogens (tertiary/aromatic N) is 1. The molecule has 2 aliphatic rings. The van der Waals surface area contributed by atoms with Crippen molar-refractivity contribution in [2.45, 2.75) is 135 Å². The average Bonchev–Trinajstić information content (AvgIpc) is 2.93. The lowest BCUT2D eigenvalue weighted by molar-refractivity contribution is -0.301. The highest BCUT2D eigenvalue weighted by atomic mass is 16.7. The molecule has 0 aliphatic carbocycles. The molecule has 42 heavy (non-hydrogen) atoms. The summed E-state index contributed by atoms with van der Waals surface area (Å²) in [6, 6.07) is -0.230. The summed E-state index contributed by atoms with van der Waals surface area (Å²) in [7, 11) is 6.69. The number of ketones is 1. The summed E-state index contributed by atoms with van der Waals surface area (Å²) < 4.78 is 30.1. The third-order valence-corrected chi connectivity index (χ3v) is 9.74. The number of carbonyl (C=O) groups excluding carboxylic acids is 2. The number of hydrogen-bond acceptors (Lipinski definition) is 11. The van der Waals surface area contributed by atoms with Crippen LogP contribution in [0, 0.1) is 23.7 Å². The van der Waals surface area contributed by atoms with E-state index in [-0.39, 0.29) is 30.8 Å². The van der Waals surface area contributed by atoms with Crippen molar-refractivity contribution in [1.82, 2.24) is 4.90 Å². The van der Waals surface area contributed by atoms with E-state index in [9.17, 15) is 24.9 Å². The first-order valence-corrected chi connectivity index (χ1v) is 15.3. The number of esters is 1. The van der Waals surface area contributed by atoms with Crippen LogP contribution >= 0.6 is 0 Å². The van der Waals surface area contributed by atoms with Crippen LogP contribution in [0.5, 0.6) is 0 Å². The van der Waals surface area contributed by atoms with Crippen LogP contribution in [0.1, 0.15) is 74.7 Å². The van der Waals surface area contributed by atoms with Crippen molar-refractivity contribution in [3.8, 4) is 0 Å². The standard InChI is InChI=1S/C31H57NO10/c1-13-22-31(8,37)27(38-11)18(4)23(33)16(2)15-30(7,39-12)26(19(5)24(34)20(6)28(36)41-22)42-29-25(35)21(32(9)10)14-17(3)40-29/h16-22,24-27,29,34-35,37H,13-15H2,1-12H3/t16-,17-,18+,19+,20-,21+,22-,24+,25-,26-,27-,29+,30-,31-/m1/s1. The third kappa shape index (κ3) is 7.72. The summed E-state index contributed by atoms with van der Waals surface area (Å²) in [5.41, 5.74) is -2.84. The molecule has 2 fully saturated rings. The number of ether oxygens (including phenoxy) is 5. The first-order chi connectivity index (χ1) is 19.4. The van der Waals surface area contributed by atoms with Crippen molar-refractivity contribution < 1.29 is 48.6 Å². The fourth-order valence-electron chi connectivity index (χ4n) is 7.01. The van der Waals surface area contributed by atoms with E-state index in [1.165, 1.54) is 21.1 Å². The first-order valence-electron chi connectivity index (χ1n) is 15.3. The van der Waals surface area contributed by atoms with Gasteiger partial charge in [-0.15, -0.1) is 0 Å². The minimum Gasteiger partial charge on any atom is -0.459 e. The van der Waals surface area contributed by atoms with Crippen molar-refractivity contribution in [2.75, 3.05) is 28.3 Å². The van der Waals surface area contributed by atoms with Crippen molar-refractivity contribution in [3.05, 3.63) is 0 Å². The minimum absolute atomic E-state index is 0.167. The van der Waals surface area contributed by atoms with Crippen molar-refractivity contribution >= 4 is 11.8 Å². The fourth-order valence-corrected chi connectivity index (χ4v) is 7.01. The van der Waals surface area contributed by atoms with E-state index in [0.717, 1.165) is 0 Å². The minimum atomic E-state index is -1.68. The lowest BCUT2D eigenvalue weighted by Gasteiger charge is -2.48. The molecule has 0 unspecified atom stereocenters. The normalized spacial score (nSPS) is 46.8. The van der Waals surface area contributed by atoms with Crippen molar-refractivity contribution in [2.24, 2.45) is 23.7 Å². The predicted octanol–water partition coefficient (Wildman–Crippen LogP) is 2.17. The zero-order chi connectivity index (χ0) is 32.3. The Labute approximate surface area is 252 Å². The molecule has 0 aromatic heterocycles. The predicted molar refractivity (Wildman–Crippen MR) is 157 cm³/mol. The molecule has 246 valence electrons. The monoisotopic (exact) mass is 603 g/mol. The molecule has 3 N–H and O–H groups in total. The van der Waals surface area contributed by atoms with Gasteiger partial charge in [0.05, 0.1) is 35.9 Å². The molecule has 2 heterocycles. The number of Topliss-reactive ketones (excluding diaryl/α,β-unsaturated/α-hetero) is 1. The molecule has 0 radical (unpaired) electrons. The van der Waals surface area contributed by atoms with E-state index in [2.05, 4.69) is 0 Å². The van der Waals surface area contributed by atoms with E-state index in [1.54, 1.807) is 41.5 Å². The van der Waals surface area contributed by atoms with Gasteiger partial charge in [0.2, 0.25) is 0 Å². The summed E-state index contributed by atoms with van der Waals surface area (Å²) >= 11 is 0. The Morgan fingerprint density at radius 1 is 0.976 bits per heavy atom. The van der Waals surface area contributed by atoms with Crippen LogP contribution in [-0.2, 0) is 33.3 Å². The first kappa shape index (κ1) is 37.0. The van der Waals surface area contributed by atoms with Gasteiger partial charge in [-0.25, -0.2) is 0 Å². The number of aliphatic hydroxyl groups is 3. The van der Waals surface area contributed by atoms with E-state index >= 15 is 0 Å². The van der Waals surface area contributed by atoms with Gasteiger partial charge in [0.15, 0.2) is 6.29 Å². The maximum absolute atomic E-state index is 13.8. The summed E-state index contributed by atoms with van der Waals surface area (Å²) in [5, 5.41) is 34.4. The van der Waals surface area contributed by atoms with Gasteiger partial charge in [-0.3, -0.25) is 9.59 Å². The Hall–Kier alpha value is -1.18. The number of aliphatic hydroxyl groups excluding tert-OH is 2. The van der Waals surface area contributed by atoms with E-state index in [4.69, 9.17) is 23.7 Å². The molecule has 0 aromatic carbocycles. The highest BCUT2D eigenvalue weighted by Gasteiger charge is 2.52. The second kappa shape index (κ2) is 14.7. The van der Waals surface area contributed by atoms with Gasteiger partial charge < -0.3 is 43.9 Å². The molecule has 2 saturated heterocycles. The van der Waals surface area contributed by atoms with Crippen LogP contribution in [0.3, 0.4) is 0 Å². The maximum Gasteiger partial charge on any atom is 0.311 e. The molecule has 2 aliphatic heterocycles. The van der Waals surface area contributed by atoms with Gasteiger partial charge in [0.1, 0.15) is 23.6 Å². The second-order valence-electron chi connectivity index (χ2n) is 13.3. The maximum atomic E-state index is 13.8. The number of methoxy groups -OCH3 is 2. The Morgan fingerprint density at radius 3 is 2.07 bits per heavy atom. The SMILES string of the molecule is CC[C@H]1OC(=O)[C@H](C)[C@@H](O)[C@H](C)[C@@H](O[C@@H]2O[C@H](C)C[C@H](N(C)C)[C@H]2O)[C@](C)(OC)C[C@@H](C)C(=O)[C@H](C)[C@@H](OC)[C@]1(C)O. The van der Waals surface area contributed by atoms with E-state index in [1.807, 2.05) is 25.9 Å². The number of hydrogen-bond donors (Lipinski definition) is 3. The molecule has 11 heteroatoms. The Kier molecular flexibility index (Phi) is 13.0. The molecule has 11 nitrogen and oxygen atoms in total. The molecule has 0 spiro atoms. The molecular formula is C31H57NO10. The molecule has 0 saturated carbocycles. The topological polar surface area (TPSA) is 144 Å². The molecular weight excluding hydrogens is 546 g/mol. The highest BCUT2D eigenvalue weighted by molar-refractivity contribution is 5.83. The Bertz CT molecular complexity index is 899. The quantitative estimate of drug-likeness (QED) is 0.384. The van der Waals surface area contributed by atoms with Crippen LogP contribution in [0.2, 0.25) is 0 Å². The zero-order valence-electron chi connectivity index (χ0n) is 27.7. The second-order valence-corrected chi connectivity index (χ2v) is 13.3. The van der Waals surface area contributed by atoms with Crippen LogP contribution in [0.4, 0.5) is 0 Å². The summed E-state index contributed by atoms with van der Waals surface area (Å²) in [6.07, 6.45) is -5.30. The Morgan fingerprint density at radius 2 is 1.57 bits per heavy atom. The van der Waals surface area contributed by atoms with Crippen LogP contribution in [-0.4, -0.2) is 120 Å². The van der Waals surface area contributed by atoms with Crippen molar-refractivity contribution in [1.29, 1.82) is 0 Å². The molecule has 0 bridgehead atoms. The molecule has 0 amide bonds. The number of rotatable bonds is 6. The largest absolute Gasteiger partial charge is 0.459 e. The summed E-state index contributed by atoms with van der Waals surface area (Å²) in [5.74, 6) is -3.90. The lowest BCUT2D eigenvalue weighted by atomic mass is 9.74.